The first-order valence-electron chi connectivity index (χ1n) is 6.31. The summed E-state index contributed by atoms with van der Waals surface area (Å²) in [5, 5.41) is 2.90. The fourth-order valence-electron chi connectivity index (χ4n) is 1.79. The second-order valence-corrected chi connectivity index (χ2v) is 4.55. The van der Waals surface area contributed by atoms with Gasteiger partial charge in [-0.15, -0.1) is 0 Å². The standard InChI is InChI=1S/C14H21FN2O/c1-3-11(9-16)8-14(18)17-10(2)12-4-6-13(15)7-5-12/h4-7,10-11H,3,8-9,16H2,1-2H3,(H,17,18). The SMILES string of the molecule is CCC(CN)CC(=O)NC(C)c1ccc(F)cc1. The fourth-order valence-corrected chi connectivity index (χ4v) is 1.79. The predicted octanol–water partition coefficient (Wildman–Crippen LogP) is 2.38. The van der Waals surface area contributed by atoms with Gasteiger partial charge in [0.25, 0.3) is 0 Å². The van der Waals surface area contributed by atoms with Gasteiger partial charge in [0.1, 0.15) is 5.82 Å². The van der Waals surface area contributed by atoms with Gasteiger partial charge in [-0.1, -0.05) is 25.5 Å². The summed E-state index contributed by atoms with van der Waals surface area (Å²) in [5.74, 6) is -0.0546. The molecule has 0 spiro atoms. The highest BCUT2D eigenvalue weighted by atomic mass is 19.1. The van der Waals surface area contributed by atoms with Crippen LogP contribution >= 0.6 is 0 Å². The predicted molar refractivity (Wildman–Crippen MR) is 70.4 cm³/mol. The molecule has 3 nitrogen and oxygen atoms in total. The van der Waals surface area contributed by atoms with Crippen molar-refractivity contribution in [2.24, 2.45) is 11.7 Å². The van der Waals surface area contributed by atoms with Crippen molar-refractivity contribution in [1.29, 1.82) is 0 Å². The molecule has 0 saturated carbocycles. The third-order valence-corrected chi connectivity index (χ3v) is 3.13. The minimum atomic E-state index is -0.272. The third-order valence-electron chi connectivity index (χ3n) is 3.13. The van der Waals surface area contributed by atoms with Crippen molar-refractivity contribution in [2.75, 3.05) is 6.54 Å². The molecule has 0 aliphatic rings. The molecule has 1 aromatic rings. The molecule has 0 fully saturated rings. The van der Waals surface area contributed by atoms with Crippen LogP contribution in [0.25, 0.3) is 0 Å². The van der Waals surface area contributed by atoms with Crippen LogP contribution in [0.3, 0.4) is 0 Å². The molecule has 4 heteroatoms. The lowest BCUT2D eigenvalue weighted by Gasteiger charge is -2.17. The van der Waals surface area contributed by atoms with E-state index in [9.17, 15) is 9.18 Å². The number of carbonyl (C=O) groups excluding carboxylic acids is 1. The summed E-state index contributed by atoms with van der Waals surface area (Å²) in [6.45, 7) is 4.43. The number of nitrogens with two attached hydrogens (primary N) is 1. The van der Waals surface area contributed by atoms with E-state index in [0.717, 1.165) is 12.0 Å². The first-order valence-corrected chi connectivity index (χ1v) is 6.31. The minimum absolute atomic E-state index is 0.0101. The van der Waals surface area contributed by atoms with Crippen molar-refractivity contribution in [1.82, 2.24) is 5.32 Å². The molecule has 0 aliphatic heterocycles. The van der Waals surface area contributed by atoms with Gasteiger partial charge < -0.3 is 11.1 Å². The van der Waals surface area contributed by atoms with Crippen molar-refractivity contribution in [2.45, 2.75) is 32.7 Å². The normalized spacial score (nSPS) is 14.0. The zero-order valence-electron chi connectivity index (χ0n) is 10.9. The van der Waals surface area contributed by atoms with E-state index in [1.54, 1.807) is 12.1 Å². The highest BCUT2D eigenvalue weighted by Crippen LogP contribution is 2.14. The van der Waals surface area contributed by atoms with E-state index in [-0.39, 0.29) is 23.7 Å². The molecule has 1 amide bonds. The van der Waals surface area contributed by atoms with E-state index in [4.69, 9.17) is 5.73 Å². The van der Waals surface area contributed by atoms with E-state index in [2.05, 4.69) is 5.32 Å². The number of benzene rings is 1. The summed E-state index contributed by atoms with van der Waals surface area (Å²) in [5.41, 5.74) is 6.46. The smallest absolute Gasteiger partial charge is 0.220 e. The number of carbonyl (C=O) groups is 1. The average molecular weight is 252 g/mol. The minimum Gasteiger partial charge on any atom is -0.350 e. The third kappa shape index (κ3) is 4.45. The van der Waals surface area contributed by atoms with Crippen LogP contribution in [0.1, 0.15) is 38.3 Å². The maximum atomic E-state index is 12.8. The van der Waals surface area contributed by atoms with Crippen LogP contribution in [0.5, 0.6) is 0 Å². The number of halogens is 1. The van der Waals surface area contributed by atoms with Crippen molar-refractivity contribution < 1.29 is 9.18 Å². The van der Waals surface area contributed by atoms with Crippen LogP contribution in [-0.2, 0) is 4.79 Å². The molecule has 0 aliphatic carbocycles. The molecule has 2 atom stereocenters. The monoisotopic (exact) mass is 252 g/mol. The lowest BCUT2D eigenvalue weighted by molar-refractivity contribution is -0.122. The van der Waals surface area contributed by atoms with Crippen LogP contribution in [0.15, 0.2) is 24.3 Å². The van der Waals surface area contributed by atoms with E-state index in [1.165, 1.54) is 12.1 Å². The maximum absolute atomic E-state index is 12.8. The molecule has 0 bridgehead atoms. The summed E-state index contributed by atoms with van der Waals surface area (Å²) in [7, 11) is 0. The van der Waals surface area contributed by atoms with Crippen LogP contribution < -0.4 is 11.1 Å². The van der Waals surface area contributed by atoms with Gasteiger partial charge in [-0.25, -0.2) is 4.39 Å². The summed E-state index contributed by atoms with van der Waals surface area (Å²) >= 11 is 0. The second kappa shape index (κ2) is 7.11. The largest absolute Gasteiger partial charge is 0.350 e. The van der Waals surface area contributed by atoms with Gasteiger partial charge in [0, 0.05) is 6.42 Å². The second-order valence-electron chi connectivity index (χ2n) is 4.55. The van der Waals surface area contributed by atoms with Crippen molar-refractivity contribution in [3.8, 4) is 0 Å². The molecule has 0 saturated heterocycles. The van der Waals surface area contributed by atoms with Gasteiger partial charge in [0.2, 0.25) is 5.91 Å². The molecule has 18 heavy (non-hydrogen) atoms. The van der Waals surface area contributed by atoms with Crippen molar-refractivity contribution >= 4 is 5.91 Å². The summed E-state index contributed by atoms with van der Waals surface area (Å²) in [4.78, 5) is 11.8. The highest BCUT2D eigenvalue weighted by Gasteiger charge is 2.13. The Balaban J connectivity index is 2.51. The molecule has 100 valence electrons. The van der Waals surface area contributed by atoms with E-state index in [0.29, 0.717) is 13.0 Å². The summed E-state index contributed by atoms with van der Waals surface area (Å²) < 4.78 is 12.8. The summed E-state index contributed by atoms with van der Waals surface area (Å²) in [6.07, 6.45) is 1.34. The van der Waals surface area contributed by atoms with Gasteiger partial charge in [-0.05, 0) is 37.1 Å². The van der Waals surface area contributed by atoms with Gasteiger partial charge in [0.15, 0.2) is 0 Å². The molecule has 3 N–H and O–H groups in total. The van der Waals surface area contributed by atoms with Crippen molar-refractivity contribution in [3.63, 3.8) is 0 Å². The van der Waals surface area contributed by atoms with Crippen LogP contribution in [0.2, 0.25) is 0 Å². The van der Waals surface area contributed by atoms with Crippen LogP contribution in [0, 0.1) is 11.7 Å². The van der Waals surface area contributed by atoms with Gasteiger partial charge in [0.05, 0.1) is 6.04 Å². The van der Waals surface area contributed by atoms with Gasteiger partial charge in [-0.2, -0.15) is 0 Å². The molecule has 1 rings (SSSR count). The number of hydrogen-bond donors (Lipinski definition) is 2. The number of rotatable bonds is 6. The molecule has 0 aromatic heterocycles. The first-order chi connectivity index (χ1) is 8.56. The molecule has 1 aromatic carbocycles. The van der Waals surface area contributed by atoms with E-state index >= 15 is 0 Å². The van der Waals surface area contributed by atoms with E-state index in [1.807, 2.05) is 13.8 Å². The molecule has 2 unspecified atom stereocenters. The zero-order valence-corrected chi connectivity index (χ0v) is 10.9. The van der Waals surface area contributed by atoms with Crippen LogP contribution in [-0.4, -0.2) is 12.5 Å². The number of hydrogen-bond acceptors (Lipinski definition) is 2. The Hall–Kier alpha value is -1.42. The molecule has 0 heterocycles. The van der Waals surface area contributed by atoms with Gasteiger partial charge in [-0.3, -0.25) is 4.79 Å². The molecular weight excluding hydrogens is 231 g/mol. The zero-order chi connectivity index (χ0) is 13.5. The van der Waals surface area contributed by atoms with Crippen LogP contribution in [0.4, 0.5) is 4.39 Å². The quantitative estimate of drug-likeness (QED) is 0.816. The Morgan fingerprint density at radius 3 is 2.50 bits per heavy atom. The maximum Gasteiger partial charge on any atom is 0.220 e. The Labute approximate surface area is 108 Å². The van der Waals surface area contributed by atoms with E-state index < -0.39 is 0 Å². The Morgan fingerprint density at radius 1 is 1.39 bits per heavy atom. The topological polar surface area (TPSA) is 55.1 Å². The fraction of sp³-hybridized carbons (Fsp3) is 0.500. The Morgan fingerprint density at radius 2 is 2.00 bits per heavy atom. The Kier molecular flexibility index (Phi) is 5.78. The lowest BCUT2D eigenvalue weighted by atomic mass is 10.0. The summed E-state index contributed by atoms with van der Waals surface area (Å²) in [6, 6.07) is 6.04. The number of nitrogens with one attached hydrogen (secondary N) is 1. The average Bonchev–Trinajstić information content (AvgIpc) is 2.36. The first kappa shape index (κ1) is 14.6. The molecule has 0 radical (unpaired) electrons. The highest BCUT2D eigenvalue weighted by molar-refractivity contribution is 5.76. The number of amides is 1. The molecular formula is C14H21FN2O. The lowest BCUT2D eigenvalue weighted by Crippen LogP contribution is -2.30. The van der Waals surface area contributed by atoms with Gasteiger partial charge >= 0.3 is 0 Å². The van der Waals surface area contributed by atoms with Crippen molar-refractivity contribution in [3.05, 3.63) is 35.6 Å². The Bertz CT molecular complexity index is 374.